The molecule has 1 saturated carbocycles. The SMILES string of the molecule is O=S(=O)(CC1CCCCN1)NC1CCCCCC1. The second-order valence-corrected chi connectivity index (χ2v) is 7.53. The van der Waals surface area contributed by atoms with Crippen molar-refractivity contribution in [1.29, 1.82) is 0 Å². The minimum atomic E-state index is -3.11. The Bertz CT molecular complexity index is 329. The molecule has 1 aliphatic heterocycles. The fourth-order valence-corrected chi connectivity index (χ4v) is 4.68. The molecule has 1 aliphatic carbocycles. The number of nitrogens with one attached hydrogen (secondary N) is 2. The Morgan fingerprint density at radius 2 is 1.61 bits per heavy atom. The summed E-state index contributed by atoms with van der Waals surface area (Å²) >= 11 is 0. The summed E-state index contributed by atoms with van der Waals surface area (Å²) < 4.78 is 27.2. The molecule has 1 atom stereocenters. The van der Waals surface area contributed by atoms with Crippen LogP contribution in [0.3, 0.4) is 0 Å². The summed E-state index contributed by atoms with van der Waals surface area (Å²) in [6.45, 7) is 0.962. The first-order valence-electron chi connectivity index (χ1n) is 7.39. The molecule has 2 fully saturated rings. The second kappa shape index (κ2) is 6.87. The molecule has 2 rings (SSSR count). The van der Waals surface area contributed by atoms with Gasteiger partial charge in [0.2, 0.25) is 10.0 Å². The van der Waals surface area contributed by atoms with E-state index in [4.69, 9.17) is 0 Å². The van der Waals surface area contributed by atoms with Crippen molar-refractivity contribution in [2.75, 3.05) is 12.3 Å². The highest BCUT2D eigenvalue weighted by atomic mass is 32.2. The highest BCUT2D eigenvalue weighted by Gasteiger charge is 2.24. The van der Waals surface area contributed by atoms with E-state index < -0.39 is 10.0 Å². The van der Waals surface area contributed by atoms with Crippen LogP contribution in [0.5, 0.6) is 0 Å². The van der Waals surface area contributed by atoms with E-state index in [1.807, 2.05) is 0 Å². The van der Waals surface area contributed by atoms with E-state index >= 15 is 0 Å². The molecule has 0 aromatic rings. The van der Waals surface area contributed by atoms with Gasteiger partial charge in [0.15, 0.2) is 0 Å². The highest BCUT2D eigenvalue weighted by molar-refractivity contribution is 7.89. The number of hydrogen-bond donors (Lipinski definition) is 2. The van der Waals surface area contributed by atoms with Gasteiger partial charge in [-0.2, -0.15) is 0 Å². The molecule has 0 amide bonds. The summed E-state index contributed by atoms with van der Waals surface area (Å²) in [7, 11) is -3.11. The topological polar surface area (TPSA) is 58.2 Å². The first kappa shape index (κ1) is 14.3. The van der Waals surface area contributed by atoms with Crippen LogP contribution in [0.15, 0.2) is 0 Å². The van der Waals surface area contributed by atoms with Crippen LogP contribution >= 0.6 is 0 Å². The Morgan fingerprint density at radius 3 is 2.22 bits per heavy atom. The van der Waals surface area contributed by atoms with Crippen LogP contribution in [-0.2, 0) is 10.0 Å². The third-order valence-corrected chi connectivity index (χ3v) is 5.57. The van der Waals surface area contributed by atoms with Crippen LogP contribution in [0.1, 0.15) is 57.8 Å². The van der Waals surface area contributed by atoms with Crippen molar-refractivity contribution in [2.45, 2.75) is 69.9 Å². The van der Waals surface area contributed by atoms with Gasteiger partial charge in [0, 0.05) is 12.1 Å². The van der Waals surface area contributed by atoms with Crippen LogP contribution < -0.4 is 10.0 Å². The Balaban J connectivity index is 1.81. The molecular weight excluding hydrogens is 248 g/mol. The summed E-state index contributed by atoms with van der Waals surface area (Å²) in [6, 6.07) is 0.336. The minimum Gasteiger partial charge on any atom is -0.313 e. The monoisotopic (exact) mass is 274 g/mol. The van der Waals surface area contributed by atoms with E-state index in [1.165, 1.54) is 19.3 Å². The first-order chi connectivity index (χ1) is 8.66. The second-order valence-electron chi connectivity index (χ2n) is 5.73. The van der Waals surface area contributed by atoms with Crippen molar-refractivity contribution < 1.29 is 8.42 Å². The summed E-state index contributed by atoms with van der Waals surface area (Å²) in [5.41, 5.74) is 0. The van der Waals surface area contributed by atoms with Crippen LogP contribution in [0.4, 0.5) is 0 Å². The molecule has 4 nitrogen and oxygen atoms in total. The van der Waals surface area contributed by atoms with Crippen molar-refractivity contribution in [2.24, 2.45) is 0 Å². The molecular formula is C13H26N2O2S. The van der Waals surface area contributed by atoms with E-state index in [0.717, 1.165) is 45.1 Å². The Hall–Kier alpha value is -0.130. The molecule has 18 heavy (non-hydrogen) atoms. The molecule has 0 aromatic carbocycles. The molecule has 0 radical (unpaired) electrons. The molecule has 2 N–H and O–H groups in total. The molecule has 1 saturated heterocycles. The normalized spacial score (nSPS) is 27.9. The lowest BCUT2D eigenvalue weighted by molar-refractivity contribution is 0.419. The van der Waals surface area contributed by atoms with E-state index in [2.05, 4.69) is 10.0 Å². The van der Waals surface area contributed by atoms with Crippen molar-refractivity contribution >= 4 is 10.0 Å². The van der Waals surface area contributed by atoms with Crippen LogP contribution in [0.2, 0.25) is 0 Å². The van der Waals surface area contributed by atoms with E-state index in [1.54, 1.807) is 0 Å². The van der Waals surface area contributed by atoms with Gasteiger partial charge in [0.1, 0.15) is 0 Å². The quantitative estimate of drug-likeness (QED) is 0.768. The minimum absolute atomic E-state index is 0.155. The molecule has 5 heteroatoms. The van der Waals surface area contributed by atoms with Crippen LogP contribution in [-0.4, -0.2) is 32.8 Å². The molecule has 0 bridgehead atoms. The highest BCUT2D eigenvalue weighted by Crippen LogP contribution is 2.18. The third-order valence-electron chi connectivity index (χ3n) is 4.03. The smallest absolute Gasteiger partial charge is 0.213 e. The molecule has 106 valence electrons. The lowest BCUT2D eigenvalue weighted by Gasteiger charge is -2.24. The van der Waals surface area contributed by atoms with Crippen molar-refractivity contribution in [1.82, 2.24) is 10.0 Å². The lowest BCUT2D eigenvalue weighted by atomic mass is 10.1. The lowest BCUT2D eigenvalue weighted by Crippen LogP contribution is -2.45. The van der Waals surface area contributed by atoms with Crippen molar-refractivity contribution in [3.8, 4) is 0 Å². The maximum atomic E-state index is 12.1. The molecule has 2 aliphatic rings. The number of hydrogen-bond acceptors (Lipinski definition) is 3. The standard InChI is InChI=1S/C13H26N2O2S/c16-18(17,11-13-9-5-6-10-14-13)15-12-7-3-1-2-4-8-12/h12-15H,1-11H2. The average Bonchev–Trinajstić information content (AvgIpc) is 2.57. The van der Waals surface area contributed by atoms with Gasteiger partial charge in [-0.15, -0.1) is 0 Å². The van der Waals surface area contributed by atoms with Gasteiger partial charge in [-0.25, -0.2) is 13.1 Å². The van der Waals surface area contributed by atoms with Gasteiger partial charge >= 0.3 is 0 Å². The van der Waals surface area contributed by atoms with Gasteiger partial charge in [-0.1, -0.05) is 32.1 Å². The average molecular weight is 274 g/mol. The van der Waals surface area contributed by atoms with Crippen molar-refractivity contribution in [3.63, 3.8) is 0 Å². The Morgan fingerprint density at radius 1 is 0.944 bits per heavy atom. The summed E-state index contributed by atoms with van der Waals surface area (Å²) in [6.07, 6.45) is 10.2. The summed E-state index contributed by atoms with van der Waals surface area (Å²) in [5, 5.41) is 3.31. The molecule has 1 heterocycles. The van der Waals surface area contributed by atoms with Gasteiger partial charge < -0.3 is 5.32 Å². The zero-order valence-electron chi connectivity index (χ0n) is 11.2. The van der Waals surface area contributed by atoms with Crippen LogP contribution in [0, 0.1) is 0 Å². The maximum Gasteiger partial charge on any atom is 0.213 e. The molecule has 0 spiro atoms. The predicted molar refractivity (Wildman–Crippen MR) is 74.1 cm³/mol. The van der Waals surface area contributed by atoms with Crippen molar-refractivity contribution in [3.05, 3.63) is 0 Å². The van der Waals surface area contributed by atoms with Crippen LogP contribution in [0.25, 0.3) is 0 Å². The van der Waals surface area contributed by atoms with Gasteiger partial charge in [0.05, 0.1) is 5.75 Å². The fraction of sp³-hybridized carbons (Fsp3) is 1.00. The van der Waals surface area contributed by atoms with E-state index in [9.17, 15) is 8.42 Å². The van der Waals surface area contributed by atoms with E-state index in [0.29, 0.717) is 0 Å². The Kier molecular flexibility index (Phi) is 5.45. The molecule has 0 aromatic heterocycles. The number of piperidine rings is 1. The van der Waals surface area contributed by atoms with Gasteiger partial charge in [-0.3, -0.25) is 0 Å². The Labute approximate surface area is 111 Å². The van der Waals surface area contributed by atoms with E-state index in [-0.39, 0.29) is 17.8 Å². The van der Waals surface area contributed by atoms with Gasteiger partial charge in [0.25, 0.3) is 0 Å². The number of rotatable bonds is 4. The van der Waals surface area contributed by atoms with Gasteiger partial charge in [-0.05, 0) is 32.2 Å². The molecule has 1 unspecified atom stereocenters. The predicted octanol–water partition coefficient (Wildman–Crippen LogP) is 1.77. The third kappa shape index (κ3) is 4.86. The first-order valence-corrected chi connectivity index (χ1v) is 9.04. The largest absolute Gasteiger partial charge is 0.313 e. The maximum absolute atomic E-state index is 12.1. The number of sulfonamides is 1. The zero-order valence-corrected chi connectivity index (χ0v) is 12.0. The zero-order chi connectivity index (χ0) is 12.8. The summed E-state index contributed by atoms with van der Waals surface area (Å²) in [4.78, 5) is 0. The fourth-order valence-electron chi connectivity index (χ4n) is 3.03. The summed E-state index contributed by atoms with van der Waals surface area (Å²) in [5.74, 6) is 0.253.